The van der Waals surface area contributed by atoms with Crippen molar-refractivity contribution in [1.29, 1.82) is 0 Å². The number of aryl methyl sites for hydroxylation is 2. The summed E-state index contributed by atoms with van der Waals surface area (Å²) >= 11 is 0. The molecule has 0 aromatic carbocycles. The third-order valence-electron chi connectivity index (χ3n) is 3.20. The maximum absolute atomic E-state index is 11.5. The number of aromatic nitrogens is 2. The van der Waals surface area contributed by atoms with Crippen LogP contribution in [-0.4, -0.2) is 46.6 Å². The molecule has 2 rings (SSSR count). The molecule has 0 bridgehead atoms. The van der Waals surface area contributed by atoms with E-state index in [0.717, 1.165) is 17.1 Å². The van der Waals surface area contributed by atoms with Crippen molar-refractivity contribution in [2.24, 2.45) is 12.8 Å². The first-order valence-corrected chi connectivity index (χ1v) is 5.83. The monoisotopic (exact) mass is 254 g/mol. The van der Waals surface area contributed by atoms with Crippen LogP contribution in [0.1, 0.15) is 11.3 Å². The van der Waals surface area contributed by atoms with E-state index in [0.29, 0.717) is 13.2 Å². The van der Waals surface area contributed by atoms with Gasteiger partial charge in [0.05, 0.1) is 25.5 Å². The second-order valence-corrected chi connectivity index (χ2v) is 4.36. The van der Waals surface area contributed by atoms with Crippen LogP contribution in [0.5, 0.6) is 0 Å². The topological polar surface area (TPSA) is 93.6 Å². The van der Waals surface area contributed by atoms with Gasteiger partial charge < -0.3 is 20.5 Å². The third-order valence-corrected chi connectivity index (χ3v) is 3.20. The lowest BCUT2D eigenvalue weighted by molar-refractivity contribution is -0.121. The van der Waals surface area contributed by atoms with Crippen LogP contribution >= 0.6 is 0 Å². The molecule has 1 aromatic rings. The van der Waals surface area contributed by atoms with E-state index in [1.54, 1.807) is 11.7 Å². The number of hydrogen-bond acceptors (Lipinski definition) is 5. The van der Waals surface area contributed by atoms with Crippen molar-refractivity contribution in [2.45, 2.75) is 19.6 Å². The number of ether oxygens (including phenoxy) is 1. The molecular weight excluding hydrogens is 236 g/mol. The van der Waals surface area contributed by atoms with Gasteiger partial charge in [0, 0.05) is 19.2 Å². The average molecular weight is 254 g/mol. The predicted octanol–water partition coefficient (Wildman–Crippen LogP) is -1.09. The number of aliphatic hydroxyl groups excluding tert-OH is 1. The number of carbonyl (C=O) groups is 1. The number of rotatable bonds is 3. The van der Waals surface area contributed by atoms with Crippen LogP contribution in [0.3, 0.4) is 0 Å². The maximum Gasteiger partial charge on any atom is 0.242 e. The number of anilines is 1. The molecule has 1 aliphatic heterocycles. The number of nitrogens with zero attached hydrogens (tertiary/aromatic N) is 3. The summed E-state index contributed by atoms with van der Waals surface area (Å²) in [6.07, 6.45) is 0. The van der Waals surface area contributed by atoms with Crippen LogP contribution in [-0.2, 0) is 23.2 Å². The number of nitrogens with two attached hydrogens (primary N) is 1. The molecule has 2 heterocycles. The normalized spacial score (nSPS) is 20.2. The Bertz CT molecular complexity index is 457. The summed E-state index contributed by atoms with van der Waals surface area (Å²) in [5, 5.41) is 13.7. The summed E-state index contributed by atoms with van der Waals surface area (Å²) in [4.78, 5) is 13.3. The Labute approximate surface area is 105 Å². The zero-order chi connectivity index (χ0) is 13.3. The first-order valence-electron chi connectivity index (χ1n) is 5.83. The van der Waals surface area contributed by atoms with Gasteiger partial charge in [-0.25, -0.2) is 0 Å². The Hall–Kier alpha value is -1.60. The molecule has 1 atom stereocenters. The number of carbonyl (C=O) groups excluding carboxylic acids is 1. The number of morpholine rings is 1. The van der Waals surface area contributed by atoms with Crippen molar-refractivity contribution in [3.05, 3.63) is 11.3 Å². The Balaban J connectivity index is 2.42. The van der Waals surface area contributed by atoms with Crippen LogP contribution in [0.15, 0.2) is 0 Å². The largest absolute Gasteiger partial charge is 0.391 e. The number of amides is 1. The van der Waals surface area contributed by atoms with Crippen molar-refractivity contribution in [3.63, 3.8) is 0 Å². The van der Waals surface area contributed by atoms with E-state index in [9.17, 15) is 9.90 Å². The van der Waals surface area contributed by atoms with Crippen LogP contribution in [0, 0.1) is 6.92 Å². The minimum Gasteiger partial charge on any atom is -0.391 e. The van der Waals surface area contributed by atoms with E-state index in [1.807, 2.05) is 11.8 Å². The zero-order valence-electron chi connectivity index (χ0n) is 10.6. The summed E-state index contributed by atoms with van der Waals surface area (Å²) in [6.45, 7) is 3.06. The fourth-order valence-corrected chi connectivity index (χ4v) is 2.33. The highest BCUT2D eigenvalue weighted by Crippen LogP contribution is 2.26. The molecule has 1 amide bonds. The molecule has 1 saturated heterocycles. The Morgan fingerprint density at radius 1 is 1.67 bits per heavy atom. The third kappa shape index (κ3) is 2.06. The lowest BCUT2D eigenvalue weighted by Gasteiger charge is -2.35. The van der Waals surface area contributed by atoms with Crippen LogP contribution in [0.25, 0.3) is 0 Å². The van der Waals surface area contributed by atoms with E-state index >= 15 is 0 Å². The highest BCUT2D eigenvalue weighted by atomic mass is 16.5. The summed E-state index contributed by atoms with van der Waals surface area (Å²) in [5.41, 5.74) is 6.87. The molecule has 18 heavy (non-hydrogen) atoms. The van der Waals surface area contributed by atoms with Crippen molar-refractivity contribution in [1.82, 2.24) is 9.78 Å². The van der Waals surface area contributed by atoms with Crippen molar-refractivity contribution in [3.8, 4) is 0 Å². The van der Waals surface area contributed by atoms with Gasteiger partial charge >= 0.3 is 0 Å². The first-order chi connectivity index (χ1) is 8.56. The maximum atomic E-state index is 11.5. The zero-order valence-corrected chi connectivity index (χ0v) is 10.6. The molecule has 0 spiro atoms. The fourth-order valence-electron chi connectivity index (χ4n) is 2.33. The van der Waals surface area contributed by atoms with Gasteiger partial charge in [-0.3, -0.25) is 9.48 Å². The fraction of sp³-hybridized carbons (Fsp3) is 0.636. The average Bonchev–Trinajstić information content (AvgIpc) is 2.63. The minimum atomic E-state index is -0.515. The Kier molecular flexibility index (Phi) is 3.53. The molecule has 1 unspecified atom stereocenters. The lowest BCUT2D eigenvalue weighted by atomic mass is 10.1. The van der Waals surface area contributed by atoms with Crippen LogP contribution in [0.4, 0.5) is 5.82 Å². The van der Waals surface area contributed by atoms with Gasteiger partial charge in [-0.2, -0.15) is 5.10 Å². The van der Waals surface area contributed by atoms with Crippen LogP contribution < -0.4 is 10.6 Å². The van der Waals surface area contributed by atoms with Gasteiger partial charge in [0.2, 0.25) is 5.91 Å². The van der Waals surface area contributed by atoms with Gasteiger partial charge in [-0.1, -0.05) is 0 Å². The highest BCUT2D eigenvalue weighted by molar-refractivity contribution is 5.84. The second-order valence-electron chi connectivity index (χ2n) is 4.36. The molecule has 0 aliphatic carbocycles. The molecule has 7 heteroatoms. The van der Waals surface area contributed by atoms with Gasteiger partial charge in [0.25, 0.3) is 0 Å². The van der Waals surface area contributed by atoms with Crippen LogP contribution in [0.2, 0.25) is 0 Å². The lowest BCUT2D eigenvalue weighted by Crippen LogP contribution is -2.53. The highest BCUT2D eigenvalue weighted by Gasteiger charge is 2.31. The van der Waals surface area contributed by atoms with E-state index < -0.39 is 11.9 Å². The van der Waals surface area contributed by atoms with Gasteiger partial charge in [0.1, 0.15) is 11.9 Å². The molecule has 1 fully saturated rings. The smallest absolute Gasteiger partial charge is 0.242 e. The summed E-state index contributed by atoms with van der Waals surface area (Å²) < 4.78 is 6.95. The quantitative estimate of drug-likeness (QED) is 0.715. The molecule has 7 nitrogen and oxygen atoms in total. The molecule has 100 valence electrons. The van der Waals surface area contributed by atoms with E-state index in [2.05, 4.69) is 5.10 Å². The number of hydrogen-bond donors (Lipinski definition) is 2. The summed E-state index contributed by atoms with van der Waals surface area (Å²) in [6, 6.07) is -0.515. The molecule has 3 N–H and O–H groups in total. The van der Waals surface area contributed by atoms with Gasteiger partial charge in [-0.15, -0.1) is 0 Å². The van der Waals surface area contributed by atoms with Crippen molar-refractivity contribution >= 4 is 11.7 Å². The molecule has 0 radical (unpaired) electrons. The Morgan fingerprint density at radius 3 is 3.00 bits per heavy atom. The second kappa shape index (κ2) is 4.95. The number of primary amides is 1. The molecule has 1 aliphatic rings. The van der Waals surface area contributed by atoms with E-state index in [1.165, 1.54) is 0 Å². The first kappa shape index (κ1) is 12.8. The SMILES string of the molecule is Cc1nn(C)c(N2CCOCC2C(N)=O)c1CO. The van der Waals surface area contributed by atoms with Crippen molar-refractivity contribution in [2.75, 3.05) is 24.7 Å². The molecule has 1 aromatic heterocycles. The number of aliphatic hydroxyl groups is 1. The van der Waals surface area contributed by atoms with Gasteiger partial charge in [0.15, 0.2) is 0 Å². The van der Waals surface area contributed by atoms with E-state index in [4.69, 9.17) is 10.5 Å². The molecule has 0 saturated carbocycles. The standard InChI is InChI=1S/C11H18N4O3/c1-7-8(5-16)11(14(2)13-7)15-3-4-18-6-9(15)10(12)17/h9,16H,3-6H2,1-2H3,(H2,12,17). The molecular formula is C11H18N4O3. The predicted molar refractivity (Wildman–Crippen MR) is 65.0 cm³/mol. The van der Waals surface area contributed by atoms with Crippen molar-refractivity contribution < 1.29 is 14.6 Å². The summed E-state index contributed by atoms with van der Waals surface area (Å²) in [7, 11) is 1.79. The Morgan fingerprint density at radius 2 is 2.39 bits per heavy atom. The minimum absolute atomic E-state index is 0.113. The summed E-state index contributed by atoms with van der Waals surface area (Å²) in [5.74, 6) is 0.305. The van der Waals surface area contributed by atoms with Gasteiger partial charge in [-0.05, 0) is 6.92 Å². The van der Waals surface area contributed by atoms with E-state index in [-0.39, 0.29) is 13.2 Å².